The summed E-state index contributed by atoms with van der Waals surface area (Å²) in [5, 5.41) is -0.135. The van der Waals surface area contributed by atoms with E-state index in [-0.39, 0.29) is 16.9 Å². The second-order valence-corrected chi connectivity index (χ2v) is 3.18. The summed E-state index contributed by atoms with van der Waals surface area (Å²) in [6.07, 6.45) is -4.48. The zero-order valence-electron chi connectivity index (χ0n) is 7.80. The standard InChI is InChI=1S/C9H6F3N3O/c10-9(11,12)4-1-2-6-5(3-4)7(16)15-8(13)14-6/h1-3H,(H3,13,14,15,16). The maximum atomic E-state index is 12.4. The Kier molecular flexibility index (Phi) is 2.11. The van der Waals surface area contributed by atoms with Gasteiger partial charge in [-0.25, -0.2) is 4.98 Å². The molecule has 2 aromatic rings. The van der Waals surface area contributed by atoms with Gasteiger partial charge in [-0.3, -0.25) is 9.78 Å². The number of fused-ring (bicyclic) bond motifs is 1. The average molecular weight is 229 g/mol. The van der Waals surface area contributed by atoms with Gasteiger partial charge in [0.25, 0.3) is 5.56 Å². The van der Waals surface area contributed by atoms with E-state index < -0.39 is 17.3 Å². The van der Waals surface area contributed by atoms with Gasteiger partial charge in [-0.2, -0.15) is 13.2 Å². The molecule has 0 aliphatic carbocycles. The number of nitrogens with one attached hydrogen (secondary N) is 1. The first-order valence-electron chi connectivity index (χ1n) is 4.24. The SMILES string of the molecule is Nc1nc2ccc(C(F)(F)F)cc2c(=O)[nH]1. The first kappa shape index (κ1) is 10.5. The molecule has 0 unspecified atom stereocenters. The van der Waals surface area contributed by atoms with Gasteiger partial charge in [0.15, 0.2) is 0 Å². The summed E-state index contributed by atoms with van der Waals surface area (Å²) >= 11 is 0. The van der Waals surface area contributed by atoms with Gasteiger partial charge in [-0.15, -0.1) is 0 Å². The highest BCUT2D eigenvalue weighted by atomic mass is 19.4. The lowest BCUT2D eigenvalue weighted by Crippen LogP contribution is -2.13. The summed E-state index contributed by atoms with van der Waals surface area (Å²) < 4.78 is 37.1. The number of aromatic nitrogens is 2. The quantitative estimate of drug-likeness (QED) is 0.719. The monoisotopic (exact) mass is 229 g/mol. The van der Waals surface area contributed by atoms with Crippen LogP contribution in [0.15, 0.2) is 23.0 Å². The first-order valence-corrected chi connectivity index (χ1v) is 4.24. The molecule has 2 rings (SSSR count). The Balaban J connectivity index is 2.77. The number of rotatable bonds is 0. The van der Waals surface area contributed by atoms with Crippen molar-refractivity contribution < 1.29 is 13.2 Å². The highest BCUT2D eigenvalue weighted by molar-refractivity contribution is 5.79. The fourth-order valence-electron chi connectivity index (χ4n) is 1.33. The van der Waals surface area contributed by atoms with Crippen LogP contribution in [0.25, 0.3) is 10.9 Å². The number of nitrogens with two attached hydrogens (primary N) is 1. The van der Waals surface area contributed by atoms with Crippen molar-refractivity contribution in [2.24, 2.45) is 0 Å². The smallest absolute Gasteiger partial charge is 0.369 e. The van der Waals surface area contributed by atoms with Crippen LogP contribution in [0, 0.1) is 0 Å². The molecule has 1 aromatic heterocycles. The van der Waals surface area contributed by atoms with Gasteiger partial charge in [0.1, 0.15) is 0 Å². The van der Waals surface area contributed by atoms with E-state index in [1.54, 1.807) is 0 Å². The normalized spacial score (nSPS) is 11.9. The number of nitrogen functional groups attached to an aromatic ring is 1. The Morgan fingerprint density at radius 1 is 1.31 bits per heavy atom. The molecule has 0 fully saturated rings. The minimum absolute atomic E-state index is 0.128. The Morgan fingerprint density at radius 2 is 2.00 bits per heavy atom. The Labute approximate surface area is 86.9 Å². The molecule has 0 aliphatic rings. The van der Waals surface area contributed by atoms with E-state index in [4.69, 9.17) is 5.73 Å². The molecule has 0 amide bonds. The molecule has 7 heteroatoms. The molecule has 84 valence electrons. The Morgan fingerprint density at radius 3 is 2.62 bits per heavy atom. The molecule has 0 atom stereocenters. The van der Waals surface area contributed by atoms with Crippen molar-refractivity contribution in [1.29, 1.82) is 0 Å². The molecule has 16 heavy (non-hydrogen) atoms. The molecule has 1 aromatic carbocycles. The van der Waals surface area contributed by atoms with Gasteiger partial charge in [0, 0.05) is 0 Å². The number of benzene rings is 1. The van der Waals surface area contributed by atoms with Crippen molar-refractivity contribution in [3.63, 3.8) is 0 Å². The summed E-state index contributed by atoms with van der Waals surface area (Å²) in [4.78, 5) is 17.2. The maximum Gasteiger partial charge on any atom is 0.416 e. The lowest BCUT2D eigenvalue weighted by Gasteiger charge is -2.06. The molecule has 0 saturated carbocycles. The van der Waals surface area contributed by atoms with Gasteiger partial charge in [-0.1, -0.05) is 0 Å². The molecule has 3 N–H and O–H groups in total. The number of nitrogens with zero attached hydrogens (tertiary/aromatic N) is 1. The van der Waals surface area contributed by atoms with E-state index in [0.29, 0.717) is 0 Å². The highest BCUT2D eigenvalue weighted by Crippen LogP contribution is 2.30. The summed E-state index contributed by atoms with van der Waals surface area (Å²) in [6, 6.07) is 2.72. The number of hydrogen-bond acceptors (Lipinski definition) is 3. The second-order valence-electron chi connectivity index (χ2n) is 3.18. The number of halogens is 3. The molecule has 1 heterocycles. The minimum atomic E-state index is -4.48. The van der Waals surface area contributed by atoms with Crippen molar-refractivity contribution in [1.82, 2.24) is 9.97 Å². The molecular weight excluding hydrogens is 223 g/mol. The van der Waals surface area contributed by atoms with Crippen LogP contribution >= 0.6 is 0 Å². The summed E-state index contributed by atoms with van der Waals surface area (Å²) in [5.74, 6) is -0.128. The highest BCUT2D eigenvalue weighted by Gasteiger charge is 2.30. The van der Waals surface area contributed by atoms with E-state index in [1.807, 2.05) is 0 Å². The zero-order valence-corrected chi connectivity index (χ0v) is 7.80. The predicted octanol–water partition coefficient (Wildman–Crippen LogP) is 1.52. The number of hydrogen-bond donors (Lipinski definition) is 2. The topological polar surface area (TPSA) is 71.8 Å². The molecule has 0 saturated heterocycles. The van der Waals surface area contributed by atoms with E-state index in [2.05, 4.69) is 9.97 Å². The van der Waals surface area contributed by atoms with Crippen LogP contribution in [0.4, 0.5) is 19.1 Å². The number of anilines is 1. The molecule has 0 spiro atoms. The van der Waals surface area contributed by atoms with Crippen LogP contribution in [-0.4, -0.2) is 9.97 Å². The fourth-order valence-corrected chi connectivity index (χ4v) is 1.33. The minimum Gasteiger partial charge on any atom is -0.369 e. The predicted molar refractivity (Wildman–Crippen MR) is 51.8 cm³/mol. The van der Waals surface area contributed by atoms with Crippen molar-refractivity contribution >= 4 is 16.9 Å². The lowest BCUT2D eigenvalue weighted by atomic mass is 10.1. The van der Waals surface area contributed by atoms with E-state index in [0.717, 1.165) is 18.2 Å². The van der Waals surface area contributed by atoms with Crippen LogP contribution in [0.3, 0.4) is 0 Å². The molecule has 4 nitrogen and oxygen atoms in total. The summed E-state index contributed by atoms with van der Waals surface area (Å²) in [5.41, 5.74) is 3.82. The van der Waals surface area contributed by atoms with E-state index in [1.165, 1.54) is 0 Å². The van der Waals surface area contributed by atoms with Crippen molar-refractivity contribution in [3.05, 3.63) is 34.1 Å². The van der Waals surface area contributed by atoms with Crippen LogP contribution in [-0.2, 0) is 6.18 Å². The Bertz CT molecular complexity index is 603. The number of alkyl halides is 3. The Hall–Kier alpha value is -2.05. The molecular formula is C9H6F3N3O. The third kappa shape index (κ3) is 1.71. The third-order valence-corrected chi connectivity index (χ3v) is 2.05. The average Bonchev–Trinajstić information content (AvgIpc) is 2.15. The van der Waals surface area contributed by atoms with Crippen LogP contribution in [0.5, 0.6) is 0 Å². The molecule has 0 aliphatic heterocycles. The summed E-state index contributed by atoms with van der Waals surface area (Å²) in [7, 11) is 0. The van der Waals surface area contributed by atoms with Crippen molar-refractivity contribution in [2.75, 3.05) is 5.73 Å². The van der Waals surface area contributed by atoms with Crippen LogP contribution < -0.4 is 11.3 Å². The maximum absolute atomic E-state index is 12.4. The number of H-pyrrole nitrogens is 1. The van der Waals surface area contributed by atoms with E-state index in [9.17, 15) is 18.0 Å². The van der Waals surface area contributed by atoms with Gasteiger partial charge in [-0.05, 0) is 18.2 Å². The molecule has 0 bridgehead atoms. The second kappa shape index (κ2) is 3.22. The van der Waals surface area contributed by atoms with E-state index >= 15 is 0 Å². The van der Waals surface area contributed by atoms with Crippen LogP contribution in [0.1, 0.15) is 5.56 Å². The van der Waals surface area contributed by atoms with Gasteiger partial charge >= 0.3 is 6.18 Å². The summed E-state index contributed by atoms with van der Waals surface area (Å²) in [6.45, 7) is 0. The van der Waals surface area contributed by atoms with Crippen LogP contribution in [0.2, 0.25) is 0 Å². The van der Waals surface area contributed by atoms with Gasteiger partial charge in [0.2, 0.25) is 5.95 Å². The van der Waals surface area contributed by atoms with Crippen molar-refractivity contribution in [3.8, 4) is 0 Å². The first-order chi connectivity index (χ1) is 7.38. The fraction of sp³-hybridized carbons (Fsp3) is 0.111. The largest absolute Gasteiger partial charge is 0.416 e. The molecule has 0 radical (unpaired) electrons. The number of aromatic amines is 1. The van der Waals surface area contributed by atoms with Gasteiger partial charge in [0.05, 0.1) is 16.5 Å². The zero-order chi connectivity index (χ0) is 11.9. The van der Waals surface area contributed by atoms with Crippen molar-refractivity contribution in [2.45, 2.75) is 6.18 Å². The lowest BCUT2D eigenvalue weighted by molar-refractivity contribution is -0.137. The van der Waals surface area contributed by atoms with Gasteiger partial charge < -0.3 is 5.73 Å². The third-order valence-electron chi connectivity index (χ3n) is 2.05.